The predicted molar refractivity (Wildman–Crippen MR) is 65.4 cm³/mol. The molecule has 0 saturated heterocycles. The number of carbonyl (C=O) groups excluding carboxylic acids is 1. The van der Waals surface area contributed by atoms with Crippen LogP contribution in [0.5, 0.6) is 0 Å². The van der Waals surface area contributed by atoms with Crippen molar-refractivity contribution < 1.29 is 9.53 Å². The molecule has 0 aromatic heterocycles. The van der Waals surface area contributed by atoms with Crippen LogP contribution in [0.25, 0.3) is 0 Å². The number of hydrogen-bond acceptors (Lipinski definition) is 3. The van der Waals surface area contributed by atoms with Crippen molar-refractivity contribution in [3.63, 3.8) is 0 Å². The molecule has 3 nitrogen and oxygen atoms in total. The van der Waals surface area contributed by atoms with Crippen molar-refractivity contribution >= 4 is 5.97 Å². The molecule has 1 aliphatic rings. The van der Waals surface area contributed by atoms with Gasteiger partial charge < -0.3 is 10.1 Å². The van der Waals surface area contributed by atoms with Gasteiger partial charge in [-0.25, -0.2) is 0 Å². The number of carbonyl (C=O) groups is 1. The van der Waals surface area contributed by atoms with Crippen LogP contribution in [0.15, 0.2) is 0 Å². The molecule has 1 rings (SSSR count). The molecule has 0 heterocycles. The van der Waals surface area contributed by atoms with Crippen molar-refractivity contribution in [2.75, 3.05) is 13.1 Å². The number of nitrogens with one attached hydrogen (secondary N) is 1. The van der Waals surface area contributed by atoms with Crippen LogP contribution in [0, 0.1) is 0 Å². The standard InChI is InChI=1S/C13H25NO2/c1-2-3-10-14-11-9-13(15)16-12-7-5-4-6-8-12/h12,14H,2-11H2,1H3. The summed E-state index contributed by atoms with van der Waals surface area (Å²) in [5.41, 5.74) is 0. The van der Waals surface area contributed by atoms with Crippen molar-refractivity contribution in [3.8, 4) is 0 Å². The molecule has 1 aliphatic carbocycles. The summed E-state index contributed by atoms with van der Waals surface area (Å²) >= 11 is 0. The summed E-state index contributed by atoms with van der Waals surface area (Å²) in [6, 6.07) is 0. The zero-order valence-corrected chi connectivity index (χ0v) is 10.5. The molecule has 0 spiro atoms. The number of ether oxygens (including phenoxy) is 1. The molecule has 1 fully saturated rings. The van der Waals surface area contributed by atoms with Crippen LogP contribution in [0.3, 0.4) is 0 Å². The molecule has 0 amide bonds. The first-order chi connectivity index (χ1) is 7.83. The van der Waals surface area contributed by atoms with Gasteiger partial charge in [0.05, 0.1) is 6.42 Å². The maximum absolute atomic E-state index is 11.5. The van der Waals surface area contributed by atoms with Crippen LogP contribution in [0.2, 0.25) is 0 Å². The summed E-state index contributed by atoms with van der Waals surface area (Å²) in [5, 5.41) is 3.25. The Bertz CT molecular complexity index is 188. The second-order valence-electron chi connectivity index (χ2n) is 4.60. The average Bonchev–Trinajstić information content (AvgIpc) is 2.30. The molecule has 16 heavy (non-hydrogen) atoms. The van der Waals surface area contributed by atoms with Crippen LogP contribution in [-0.2, 0) is 9.53 Å². The average molecular weight is 227 g/mol. The van der Waals surface area contributed by atoms with E-state index in [1.165, 1.54) is 32.1 Å². The van der Waals surface area contributed by atoms with E-state index in [9.17, 15) is 4.79 Å². The SMILES string of the molecule is CCCCNCCC(=O)OC1CCCCC1. The molecule has 3 heteroatoms. The van der Waals surface area contributed by atoms with Gasteiger partial charge >= 0.3 is 5.97 Å². The first-order valence-electron chi connectivity index (χ1n) is 6.73. The summed E-state index contributed by atoms with van der Waals surface area (Å²) < 4.78 is 5.42. The Morgan fingerprint density at radius 2 is 2.00 bits per heavy atom. The molecule has 0 radical (unpaired) electrons. The van der Waals surface area contributed by atoms with Crippen molar-refractivity contribution in [3.05, 3.63) is 0 Å². The largest absolute Gasteiger partial charge is 0.462 e. The van der Waals surface area contributed by atoms with Gasteiger partial charge in [-0.3, -0.25) is 4.79 Å². The maximum Gasteiger partial charge on any atom is 0.307 e. The van der Waals surface area contributed by atoms with E-state index in [-0.39, 0.29) is 12.1 Å². The molecule has 0 aliphatic heterocycles. The molecular formula is C13H25NO2. The van der Waals surface area contributed by atoms with Crippen LogP contribution in [-0.4, -0.2) is 25.2 Å². The minimum atomic E-state index is -0.0316. The number of unbranched alkanes of at least 4 members (excludes halogenated alkanes) is 1. The lowest BCUT2D eigenvalue weighted by Crippen LogP contribution is -2.24. The van der Waals surface area contributed by atoms with Gasteiger partial charge in [-0.2, -0.15) is 0 Å². The summed E-state index contributed by atoms with van der Waals surface area (Å²) in [7, 11) is 0. The second-order valence-corrected chi connectivity index (χ2v) is 4.60. The molecule has 1 saturated carbocycles. The third-order valence-corrected chi connectivity index (χ3v) is 3.06. The van der Waals surface area contributed by atoms with Gasteiger partial charge in [-0.1, -0.05) is 19.8 Å². The van der Waals surface area contributed by atoms with Gasteiger partial charge in [0.15, 0.2) is 0 Å². The molecule has 1 N–H and O–H groups in total. The highest BCUT2D eigenvalue weighted by Crippen LogP contribution is 2.20. The summed E-state index contributed by atoms with van der Waals surface area (Å²) in [5.74, 6) is -0.0316. The van der Waals surface area contributed by atoms with Crippen molar-refractivity contribution in [2.24, 2.45) is 0 Å². The highest BCUT2D eigenvalue weighted by atomic mass is 16.5. The Hall–Kier alpha value is -0.570. The van der Waals surface area contributed by atoms with Gasteiger partial charge in [-0.15, -0.1) is 0 Å². The van der Waals surface area contributed by atoms with E-state index >= 15 is 0 Å². The second kappa shape index (κ2) is 8.57. The quantitative estimate of drug-likeness (QED) is 0.537. The number of hydrogen-bond donors (Lipinski definition) is 1. The minimum absolute atomic E-state index is 0.0316. The number of esters is 1. The first-order valence-corrected chi connectivity index (χ1v) is 6.73. The van der Waals surface area contributed by atoms with Gasteiger partial charge in [-0.05, 0) is 38.6 Å². The number of rotatable bonds is 7. The van der Waals surface area contributed by atoms with Gasteiger partial charge in [0.2, 0.25) is 0 Å². The Kier molecular flexibility index (Phi) is 7.23. The van der Waals surface area contributed by atoms with Gasteiger partial charge in [0, 0.05) is 6.54 Å². The summed E-state index contributed by atoms with van der Waals surface area (Å²) in [6.07, 6.45) is 8.95. The van der Waals surface area contributed by atoms with Crippen LogP contribution in [0.4, 0.5) is 0 Å². The van der Waals surface area contributed by atoms with Crippen molar-refractivity contribution in [2.45, 2.75) is 64.4 Å². The highest BCUT2D eigenvalue weighted by Gasteiger charge is 2.16. The topological polar surface area (TPSA) is 38.3 Å². The van der Waals surface area contributed by atoms with Gasteiger partial charge in [0.1, 0.15) is 6.10 Å². The Morgan fingerprint density at radius 3 is 2.69 bits per heavy atom. The fourth-order valence-corrected chi connectivity index (χ4v) is 2.05. The zero-order chi connectivity index (χ0) is 11.6. The van der Waals surface area contributed by atoms with Crippen molar-refractivity contribution in [1.29, 1.82) is 0 Å². The van der Waals surface area contributed by atoms with E-state index in [0.717, 1.165) is 25.9 Å². The van der Waals surface area contributed by atoms with E-state index in [2.05, 4.69) is 12.2 Å². The summed E-state index contributed by atoms with van der Waals surface area (Å²) in [4.78, 5) is 11.5. The predicted octanol–water partition coefficient (Wildman–Crippen LogP) is 2.64. The van der Waals surface area contributed by atoms with Crippen molar-refractivity contribution in [1.82, 2.24) is 5.32 Å². The molecule has 0 aromatic carbocycles. The fraction of sp³-hybridized carbons (Fsp3) is 0.923. The van der Waals surface area contributed by atoms with Crippen LogP contribution in [0.1, 0.15) is 58.3 Å². The fourth-order valence-electron chi connectivity index (χ4n) is 2.05. The Balaban J connectivity index is 1.97. The third kappa shape index (κ3) is 6.11. The molecular weight excluding hydrogens is 202 g/mol. The zero-order valence-electron chi connectivity index (χ0n) is 10.5. The van der Waals surface area contributed by atoms with E-state index in [0.29, 0.717) is 6.42 Å². The lowest BCUT2D eigenvalue weighted by atomic mass is 9.98. The lowest BCUT2D eigenvalue weighted by Gasteiger charge is -2.21. The molecule has 94 valence electrons. The van der Waals surface area contributed by atoms with Gasteiger partial charge in [0.25, 0.3) is 0 Å². The Labute approximate surface area is 98.9 Å². The van der Waals surface area contributed by atoms with Crippen LogP contribution >= 0.6 is 0 Å². The lowest BCUT2D eigenvalue weighted by molar-refractivity contribution is -0.150. The summed E-state index contributed by atoms with van der Waals surface area (Å²) in [6.45, 7) is 3.93. The molecule has 0 aromatic rings. The van der Waals surface area contributed by atoms with Crippen LogP contribution < -0.4 is 5.32 Å². The highest BCUT2D eigenvalue weighted by molar-refractivity contribution is 5.69. The maximum atomic E-state index is 11.5. The minimum Gasteiger partial charge on any atom is -0.462 e. The normalized spacial score (nSPS) is 17.3. The first kappa shape index (κ1) is 13.5. The van der Waals surface area contributed by atoms with E-state index < -0.39 is 0 Å². The van der Waals surface area contributed by atoms with E-state index in [1.54, 1.807) is 0 Å². The monoisotopic (exact) mass is 227 g/mol. The third-order valence-electron chi connectivity index (χ3n) is 3.06. The molecule has 0 unspecified atom stereocenters. The van der Waals surface area contributed by atoms with E-state index in [4.69, 9.17) is 4.74 Å². The Morgan fingerprint density at radius 1 is 1.25 bits per heavy atom. The van der Waals surface area contributed by atoms with E-state index in [1.807, 2.05) is 0 Å². The smallest absolute Gasteiger partial charge is 0.307 e. The molecule has 0 bridgehead atoms. The molecule has 0 atom stereocenters.